The lowest BCUT2D eigenvalue weighted by Crippen LogP contribution is -2.21. The number of rotatable bonds is 6. The monoisotopic (exact) mass is 451 g/mol. The second-order valence-electron chi connectivity index (χ2n) is 6.59. The molecule has 9 nitrogen and oxygen atoms in total. The van der Waals surface area contributed by atoms with Crippen molar-refractivity contribution in [3.8, 4) is 11.5 Å². The molecule has 32 heavy (non-hydrogen) atoms. The highest BCUT2D eigenvalue weighted by molar-refractivity contribution is 6.31. The Labute approximate surface area is 185 Å². The van der Waals surface area contributed by atoms with E-state index in [2.05, 4.69) is 10.3 Å². The lowest BCUT2D eigenvalue weighted by atomic mass is 10.1. The third-order valence-corrected chi connectivity index (χ3v) is 4.71. The molecule has 0 aliphatic rings. The molecule has 4 rings (SSSR count). The fraction of sp³-hybridized carbons (Fsp3) is 0.0455. The first-order valence-electron chi connectivity index (χ1n) is 9.27. The molecule has 0 radical (unpaired) electrons. The number of halogens is 1. The lowest BCUT2D eigenvalue weighted by Gasteiger charge is -2.10. The van der Waals surface area contributed by atoms with Crippen molar-refractivity contribution in [3.63, 3.8) is 0 Å². The van der Waals surface area contributed by atoms with Gasteiger partial charge in [-0.05, 0) is 36.4 Å². The average molecular weight is 452 g/mol. The summed E-state index contributed by atoms with van der Waals surface area (Å²) in [5.41, 5.74) is 0.749. The molecular formula is C22H14ClN3O6. The number of nitrogens with one attached hydrogen (secondary N) is 1. The minimum atomic E-state index is -0.753. The number of pyridine rings is 1. The molecule has 0 unspecified atom stereocenters. The van der Waals surface area contributed by atoms with Crippen LogP contribution in [0.2, 0.25) is 5.02 Å². The van der Waals surface area contributed by atoms with Crippen LogP contribution in [0.1, 0.15) is 10.4 Å². The number of carbonyl (C=O) groups is 2. The smallest absolute Gasteiger partial charge is 0.339 e. The molecule has 4 aromatic rings. The van der Waals surface area contributed by atoms with Crippen LogP contribution in [-0.2, 0) is 9.53 Å². The Kier molecular flexibility index (Phi) is 5.82. The maximum absolute atomic E-state index is 12.8. The second kappa shape index (κ2) is 8.86. The summed E-state index contributed by atoms with van der Waals surface area (Å²) in [7, 11) is 0. The maximum atomic E-state index is 12.8. The minimum Gasteiger partial charge on any atom is -0.463 e. The fourth-order valence-corrected chi connectivity index (χ4v) is 3.22. The highest BCUT2D eigenvalue weighted by Crippen LogP contribution is 2.28. The molecule has 0 fully saturated rings. The summed E-state index contributed by atoms with van der Waals surface area (Å²) < 4.78 is 10.5. The summed E-state index contributed by atoms with van der Waals surface area (Å²) in [4.78, 5) is 40.0. The Bertz CT molecular complexity index is 1340. The summed E-state index contributed by atoms with van der Waals surface area (Å²) >= 11 is 5.77. The largest absolute Gasteiger partial charge is 0.463 e. The van der Waals surface area contributed by atoms with Gasteiger partial charge in [-0.25, -0.2) is 9.78 Å². The number of furan rings is 1. The van der Waals surface area contributed by atoms with E-state index >= 15 is 0 Å². The van der Waals surface area contributed by atoms with Gasteiger partial charge in [-0.3, -0.25) is 14.9 Å². The molecule has 0 atom stereocenters. The zero-order valence-electron chi connectivity index (χ0n) is 16.3. The Morgan fingerprint density at radius 2 is 1.94 bits per heavy atom. The molecule has 10 heteroatoms. The van der Waals surface area contributed by atoms with Crippen LogP contribution in [0.15, 0.2) is 71.3 Å². The molecule has 0 bridgehead atoms. The van der Waals surface area contributed by atoms with E-state index in [1.807, 2.05) is 0 Å². The second-order valence-corrected chi connectivity index (χ2v) is 7.03. The van der Waals surface area contributed by atoms with Crippen molar-refractivity contribution >= 4 is 45.8 Å². The Morgan fingerprint density at radius 3 is 2.69 bits per heavy atom. The van der Waals surface area contributed by atoms with Gasteiger partial charge >= 0.3 is 5.97 Å². The van der Waals surface area contributed by atoms with Crippen molar-refractivity contribution in [1.29, 1.82) is 0 Å². The zero-order valence-corrected chi connectivity index (χ0v) is 17.0. The van der Waals surface area contributed by atoms with Crippen molar-refractivity contribution < 1.29 is 23.7 Å². The maximum Gasteiger partial charge on any atom is 0.339 e. The molecule has 0 saturated carbocycles. The summed E-state index contributed by atoms with van der Waals surface area (Å²) in [5.74, 6) is -1.02. The summed E-state index contributed by atoms with van der Waals surface area (Å²) in [5, 5.41) is 14.2. The lowest BCUT2D eigenvalue weighted by molar-refractivity contribution is -0.383. The van der Waals surface area contributed by atoms with E-state index in [1.54, 1.807) is 36.4 Å². The number of nitro groups is 1. The summed E-state index contributed by atoms with van der Waals surface area (Å²) in [6.07, 6.45) is 1.49. The van der Waals surface area contributed by atoms with Crippen molar-refractivity contribution in [3.05, 3.63) is 87.6 Å². The first kappa shape index (κ1) is 21.0. The van der Waals surface area contributed by atoms with Gasteiger partial charge in [0.25, 0.3) is 11.6 Å². The third-order valence-electron chi connectivity index (χ3n) is 4.47. The van der Waals surface area contributed by atoms with Crippen LogP contribution in [0.5, 0.6) is 0 Å². The Morgan fingerprint density at radius 1 is 1.12 bits per heavy atom. The number of carbonyl (C=O) groups excluding carboxylic acids is 2. The summed E-state index contributed by atoms with van der Waals surface area (Å²) in [6, 6.07) is 15.7. The van der Waals surface area contributed by atoms with E-state index in [9.17, 15) is 19.7 Å². The molecule has 2 aromatic heterocycles. The van der Waals surface area contributed by atoms with Crippen LogP contribution < -0.4 is 5.32 Å². The van der Waals surface area contributed by atoms with Gasteiger partial charge < -0.3 is 14.5 Å². The van der Waals surface area contributed by atoms with E-state index in [-0.39, 0.29) is 22.0 Å². The highest BCUT2D eigenvalue weighted by atomic mass is 35.5. The third kappa shape index (κ3) is 4.42. The number of hydrogen-bond donors (Lipinski definition) is 1. The number of para-hydroxylation sites is 1. The number of nitrogens with zero attached hydrogens (tertiary/aromatic N) is 2. The average Bonchev–Trinajstić information content (AvgIpc) is 3.33. The SMILES string of the molecule is O=C(COC(=O)c1cc(-c2ccco2)nc2ccccc12)Nc1ccc(Cl)cc1[N+](=O)[O-]. The molecule has 0 spiro atoms. The van der Waals surface area contributed by atoms with E-state index in [0.717, 1.165) is 6.07 Å². The van der Waals surface area contributed by atoms with Gasteiger partial charge in [0.15, 0.2) is 12.4 Å². The molecule has 1 amide bonds. The number of benzene rings is 2. The van der Waals surface area contributed by atoms with Gasteiger partial charge in [0, 0.05) is 16.5 Å². The van der Waals surface area contributed by atoms with Crippen molar-refractivity contribution in [2.75, 3.05) is 11.9 Å². The number of hydrogen-bond acceptors (Lipinski definition) is 7. The number of esters is 1. The van der Waals surface area contributed by atoms with Crippen LogP contribution in [0.25, 0.3) is 22.4 Å². The predicted molar refractivity (Wildman–Crippen MR) is 116 cm³/mol. The van der Waals surface area contributed by atoms with Crippen LogP contribution in [0.4, 0.5) is 11.4 Å². The zero-order chi connectivity index (χ0) is 22.7. The number of anilines is 1. The fourth-order valence-electron chi connectivity index (χ4n) is 3.05. The standard InChI is InChI=1S/C22H14ClN3O6/c23-13-7-8-17(19(10-13)26(29)30)25-21(27)12-32-22(28)15-11-18(20-6-3-9-31-20)24-16-5-2-1-4-14(15)16/h1-11H,12H2,(H,25,27). The van der Waals surface area contributed by atoms with Crippen molar-refractivity contribution in [2.24, 2.45) is 0 Å². The number of fused-ring (bicyclic) bond motifs is 1. The number of amides is 1. The quantitative estimate of drug-likeness (QED) is 0.252. The van der Waals surface area contributed by atoms with Gasteiger partial charge in [0.1, 0.15) is 11.4 Å². The topological polar surface area (TPSA) is 125 Å². The van der Waals surface area contributed by atoms with E-state index < -0.39 is 23.4 Å². The van der Waals surface area contributed by atoms with Crippen LogP contribution in [-0.4, -0.2) is 28.4 Å². The van der Waals surface area contributed by atoms with Gasteiger partial charge in [-0.15, -0.1) is 0 Å². The molecule has 0 saturated heterocycles. The van der Waals surface area contributed by atoms with Crippen LogP contribution in [0, 0.1) is 10.1 Å². The van der Waals surface area contributed by atoms with Crippen LogP contribution in [0.3, 0.4) is 0 Å². The molecule has 1 N–H and O–H groups in total. The molecule has 0 aliphatic carbocycles. The molecule has 160 valence electrons. The van der Waals surface area contributed by atoms with E-state index in [1.165, 1.54) is 24.5 Å². The molecule has 0 aliphatic heterocycles. The van der Waals surface area contributed by atoms with E-state index in [0.29, 0.717) is 22.4 Å². The van der Waals surface area contributed by atoms with Gasteiger partial charge in [0.05, 0.1) is 22.3 Å². The minimum absolute atomic E-state index is 0.0603. The normalized spacial score (nSPS) is 10.7. The van der Waals surface area contributed by atoms with Gasteiger partial charge in [-0.1, -0.05) is 29.8 Å². The Hall–Kier alpha value is -4.24. The number of ether oxygens (including phenoxy) is 1. The van der Waals surface area contributed by atoms with Gasteiger partial charge in [0.2, 0.25) is 0 Å². The molecular weight excluding hydrogens is 438 g/mol. The Balaban J connectivity index is 1.53. The first-order chi connectivity index (χ1) is 15.4. The first-order valence-corrected chi connectivity index (χ1v) is 9.65. The molecule has 2 heterocycles. The number of nitro benzene ring substituents is 1. The summed E-state index contributed by atoms with van der Waals surface area (Å²) in [6.45, 7) is -0.647. The predicted octanol–water partition coefficient (Wildman–Crippen LogP) is 4.85. The van der Waals surface area contributed by atoms with Crippen molar-refractivity contribution in [1.82, 2.24) is 4.98 Å². The van der Waals surface area contributed by atoms with Gasteiger partial charge in [-0.2, -0.15) is 0 Å². The van der Waals surface area contributed by atoms with Crippen molar-refractivity contribution in [2.45, 2.75) is 0 Å². The highest BCUT2D eigenvalue weighted by Gasteiger charge is 2.20. The molecule has 2 aromatic carbocycles. The van der Waals surface area contributed by atoms with E-state index in [4.69, 9.17) is 20.8 Å². The number of aromatic nitrogens is 1. The van der Waals surface area contributed by atoms with Crippen LogP contribution >= 0.6 is 11.6 Å².